The number of carbonyl (C=O) groups is 3. The van der Waals surface area contributed by atoms with Gasteiger partial charge in [-0.2, -0.15) is 0 Å². The van der Waals surface area contributed by atoms with Crippen LogP contribution in [0.3, 0.4) is 0 Å². The summed E-state index contributed by atoms with van der Waals surface area (Å²) in [7, 11) is 1.55. The van der Waals surface area contributed by atoms with Gasteiger partial charge >= 0.3 is 5.97 Å². The Balaban J connectivity index is 2.04. The number of hydrogen-bond donors (Lipinski definition) is 1. The van der Waals surface area contributed by atoms with Crippen LogP contribution in [0.1, 0.15) is 18.9 Å². The van der Waals surface area contributed by atoms with Gasteiger partial charge in [-0.3, -0.25) is 14.4 Å². The average molecular weight is 318 g/mol. The minimum atomic E-state index is -0.955. The van der Waals surface area contributed by atoms with E-state index in [2.05, 4.69) is 0 Å². The van der Waals surface area contributed by atoms with Gasteiger partial charge in [-0.25, -0.2) is 0 Å². The van der Waals surface area contributed by atoms with Crippen LogP contribution in [0.25, 0.3) is 0 Å². The van der Waals surface area contributed by atoms with Crippen LogP contribution in [0.2, 0.25) is 0 Å². The monoisotopic (exact) mass is 318 g/mol. The summed E-state index contributed by atoms with van der Waals surface area (Å²) in [5, 5.41) is 8.93. The first kappa shape index (κ1) is 17.0. The number of carboxylic acid groups (broad SMARTS) is 1. The van der Waals surface area contributed by atoms with Gasteiger partial charge in [-0.15, -0.1) is 0 Å². The van der Waals surface area contributed by atoms with E-state index in [1.165, 1.54) is 4.90 Å². The Hall–Kier alpha value is -2.37. The largest absolute Gasteiger partial charge is 0.481 e. The van der Waals surface area contributed by atoms with E-state index in [4.69, 9.17) is 5.11 Å². The summed E-state index contributed by atoms with van der Waals surface area (Å²) in [6.45, 7) is 4.12. The van der Waals surface area contributed by atoms with Crippen LogP contribution >= 0.6 is 0 Å². The molecule has 1 N–H and O–H groups in total. The molecule has 0 aromatic heterocycles. The van der Waals surface area contributed by atoms with Crippen LogP contribution in [-0.4, -0.2) is 47.9 Å². The highest BCUT2D eigenvalue weighted by atomic mass is 16.4. The molecule has 1 aromatic carbocycles. The summed E-state index contributed by atoms with van der Waals surface area (Å²) >= 11 is 0. The molecule has 2 atom stereocenters. The van der Waals surface area contributed by atoms with Crippen molar-refractivity contribution in [3.63, 3.8) is 0 Å². The van der Waals surface area contributed by atoms with E-state index >= 15 is 0 Å². The molecule has 1 saturated heterocycles. The standard InChI is InChI=1S/C17H22N2O4/c1-11-4-6-13(7-5-11)19-9-8-14(16(19)21)15(20)18(3)10-12(2)17(22)23/h4-7,12,14H,8-10H2,1-3H3,(H,22,23)/t12-,14-/m0/s1. The van der Waals surface area contributed by atoms with E-state index < -0.39 is 17.8 Å². The third-order valence-corrected chi connectivity index (χ3v) is 4.19. The van der Waals surface area contributed by atoms with Gasteiger partial charge in [-0.05, 0) is 25.5 Å². The molecule has 6 nitrogen and oxygen atoms in total. The predicted molar refractivity (Wildman–Crippen MR) is 86.1 cm³/mol. The molecule has 1 heterocycles. The summed E-state index contributed by atoms with van der Waals surface area (Å²) in [6.07, 6.45) is 0.456. The number of anilines is 1. The second kappa shape index (κ2) is 6.81. The van der Waals surface area contributed by atoms with E-state index in [-0.39, 0.29) is 18.4 Å². The van der Waals surface area contributed by atoms with Crippen molar-refractivity contribution in [2.75, 3.05) is 25.0 Å². The van der Waals surface area contributed by atoms with Gasteiger partial charge in [0.15, 0.2) is 0 Å². The molecule has 23 heavy (non-hydrogen) atoms. The lowest BCUT2D eigenvalue weighted by Gasteiger charge is -2.22. The fraction of sp³-hybridized carbons (Fsp3) is 0.471. The molecule has 0 radical (unpaired) electrons. The SMILES string of the molecule is Cc1ccc(N2CC[C@@H](C(=O)N(C)C[C@H](C)C(=O)O)C2=O)cc1. The molecule has 124 valence electrons. The Bertz CT molecular complexity index is 612. The molecular weight excluding hydrogens is 296 g/mol. The van der Waals surface area contributed by atoms with Crippen molar-refractivity contribution in [1.82, 2.24) is 4.90 Å². The fourth-order valence-electron chi connectivity index (χ4n) is 2.74. The lowest BCUT2D eigenvalue weighted by molar-refractivity contribution is -0.143. The number of hydrogen-bond acceptors (Lipinski definition) is 3. The van der Waals surface area contributed by atoms with Crippen molar-refractivity contribution < 1.29 is 19.5 Å². The van der Waals surface area contributed by atoms with E-state index in [1.807, 2.05) is 31.2 Å². The maximum Gasteiger partial charge on any atom is 0.308 e. The predicted octanol–water partition coefficient (Wildman–Crippen LogP) is 1.53. The Morgan fingerprint density at radius 3 is 2.52 bits per heavy atom. The van der Waals surface area contributed by atoms with Crippen LogP contribution in [0.5, 0.6) is 0 Å². The van der Waals surface area contributed by atoms with Gasteiger partial charge in [0.2, 0.25) is 11.8 Å². The lowest BCUT2D eigenvalue weighted by atomic mass is 10.1. The highest BCUT2D eigenvalue weighted by Gasteiger charge is 2.39. The van der Waals surface area contributed by atoms with E-state index in [9.17, 15) is 14.4 Å². The first-order valence-electron chi connectivity index (χ1n) is 7.67. The number of carbonyl (C=O) groups excluding carboxylic acids is 2. The second-order valence-corrected chi connectivity index (χ2v) is 6.12. The summed E-state index contributed by atoms with van der Waals surface area (Å²) in [4.78, 5) is 38.8. The Kier molecular flexibility index (Phi) is 5.03. The summed E-state index contributed by atoms with van der Waals surface area (Å²) in [5.74, 6) is -2.86. The van der Waals surface area contributed by atoms with Crippen LogP contribution in [-0.2, 0) is 14.4 Å². The summed E-state index contributed by atoms with van der Waals surface area (Å²) < 4.78 is 0. The third-order valence-electron chi connectivity index (χ3n) is 4.19. The number of aliphatic carboxylic acids is 1. The van der Waals surface area contributed by atoms with Crippen molar-refractivity contribution in [1.29, 1.82) is 0 Å². The van der Waals surface area contributed by atoms with Gasteiger partial charge in [-0.1, -0.05) is 24.6 Å². The third kappa shape index (κ3) is 3.70. The maximum atomic E-state index is 12.5. The molecule has 1 fully saturated rings. The normalized spacial score (nSPS) is 18.8. The molecule has 1 aliphatic heterocycles. The second-order valence-electron chi connectivity index (χ2n) is 6.12. The number of aryl methyl sites for hydroxylation is 1. The van der Waals surface area contributed by atoms with Gasteiger partial charge in [0.05, 0.1) is 5.92 Å². The van der Waals surface area contributed by atoms with Gasteiger partial charge in [0.25, 0.3) is 0 Å². The molecule has 0 spiro atoms. The van der Waals surface area contributed by atoms with Gasteiger partial charge < -0.3 is 14.9 Å². The first-order chi connectivity index (χ1) is 10.8. The molecule has 0 saturated carbocycles. The van der Waals surface area contributed by atoms with E-state index in [0.717, 1.165) is 11.3 Å². The van der Waals surface area contributed by atoms with Crippen molar-refractivity contribution in [2.24, 2.45) is 11.8 Å². The topological polar surface area (TPSA) is 77.9 Å². The molecule has 2 rings (SSSR count). The van der Waals surface area contributed by atoms with Crippen molar-refractivity contribution in [3.05, 3.63) is 29.8 Å². The van der Waals surface area contributed by atoms with Crippen LogP contribution in [0.4, 0.5) is 5.69 Å². The Morgan fingerprint density at radius 1 is 1.35 bits per heavy atom. The van der Waals surface area contributed by atoms with Crippen molar-refractivity contribution >= 4 is 23.5 Å². The van der Waals surface area contributed by atoms with Gasteiger partial charge in [0.1, 0.15) is 5.92 Å². The minimum absolute atomic E-state index is 0.0997. The number of carboxylic acids is 1. The van der Waals surface area contributed by atoms with Crippen LogP contribution in [0, 0.1) is 18.8 Å². The zero-order valence-corrected chi connectivity index (χ0v) is 13.7. The number of benzene rings is 1. The molecule has 6 heteroatoms. The quantitative estimate of drug-likeness (QED) is 0.835. The average Bonchev–Trinajstić information content (AvgIpc) is 2.88. The fourth-order valence-corrected chi connectivity index (χ4v) is 2.74. The Morgan fingerprint density at radius 2 is 1.96 bits per heavy atom. The number of rotatable bonds is 5. The van der Waals surface area contributed by atoms with Crippen molar-refractivity contribution in [3.8, 4) is 0 Å². The Labute approximate surface area is 135 Å². The molecule has 1 aromatic rings. The van der Waals surface area contributed by atoms with E-state index in [1.54, 1.807) is 18.9 Å². The number of amides is 2. The minimum Gasteiger partial charge on any atom is -0.481 e. The lowest BCUT2D eigenvalue weighted by Crippen LogP contribution is -2.40. The zero-order chi connectivity index (χ0) is 17.1. The smallest absolute Gasteiger partial charge is 0.308 e. The van der Waals surface area contributed by atoms with Crippen LogP contribution in [0.15, 0.2) is 24.3 Å². The molecule has 0 bridgehead atoms. The molecule has 2 amide bonds. The maximum absolute atomic E-state index is 12.5. The summed E-state index contributed by atoms with van der Waals surface area (Å²) in [6, 6.07) is 7.60. The highest BCUT2D eigenvalue weighted by molar-refractivity contribution is 6.09. The molecule has 0 unspecified atom stereocenters. The summed E-state index contributed by atoms with van der Waals surface area (Å²) in [5.41, 5.74) is 1.90. The molecule has 0 aliphatic carbocycles. The first-order valence-corrected chi connectivity index (χ1v) is 7.67. The zero-order valence-electron chi connectivity index (χ0n) is 13.7. The van der Waals surface area contributed by atoms with E-state index in [0.29, 0.717) is 13.0 Å². The highest BCUT2D eigenvalue weighted by Crippen LogP contribution is 2.26. The molecular formula is C17H22N2O4. The molecule has 1 aliphatic rings. The number of nitrogens with zero attached hydrogens (tertiary/aromatic N) is 2. The van der Waals surface area contributed by atoms with Crippen molar-refractivity contribution in [2.45, 2.75) is 20.3 Å². The van der Waals surface area contributed by atoms with Gasteiger partial charge in [0, 0.05) is 25.8 Å². The van der Waals surface area contributed by atoms with Crippen LogP contribution < -0.4 is 4.90 Å².